The van der Waals surface area contributed by atoms with Crippen LogP contribution in [0.1, 0.15) is 24.0 Å². The first-order chi connectivity index (χ1) is 10.1. The zero-order valence-corrected chi connectivity index (χ0v) is 12.4. The van der Waals surface area contributed by atoms with Gasteiger partial charge in [0, 0.05) is 24.7 Å². The van der Waals surface area contributed by atoms with E-state index in [4.69, 9.17) is 4.42 Å². The van der Waals surface area contributed by atoms with Crippen LogP contribution in [0.4, 0.5) is 0 Å². The van der Waals surface area contributed by atoms with Crippen LogP contribution in [0, 0.1) is 0 Å². The topological polar surface area (TPSA) is 71.3 Å². The zero-order chi connectivity index (χ0) is 14.7. The molecule has 3 rings (SSSR count). The Morgan fingerprint density at radius 3 is 2.43 bits per heavy atom. The molecule has 5 nitrogen and oxygen atoms in total. The Labute approximate surface area is 124 Å². The van der Waals surface area contributed by atoms with Gasteiger partial charge in [-0.05, 0) is 36.6 Å². The Kier molecular flexibility index (Phi) is 4.10. The van der Waals surface area contributed by atoms with Gasteiger partial charge in [0.15, 0.2) is 0 Å². The third-order valence-electron chi connectivity index (χ3n) is 3.45. The second-order valence-electron chi connectivity index (χ2n) is 5.26. The van der Waals surface area contributed by atoms with E-state index in [2.05, 4.69) is 10.0 Å². The van der Waals surface area contributed by atoms with Gasteiger partial charge in [0.1, 0.15) is 0 Å². The summed E-state index contributed by atoms with van der Waals surface area (Å²) in [6, 6.07) is 9.35. The van der Waals surface area contributed by atoms with E-state index in [0.29, 0.717) is 6.04 Å². The first-order valence-corrected chi connectivity index (χ1v) is 8.45. The molecule has 1 fully saturated rings. The number of hydrogen-bond acceptors (Lipinski definition) is 4. The predicted molar refractivity (Wildman–Crippen MR) is 79.0 cm³/mol. The average molecular weight is 306 g/mol. The van der Waals surface area contributed by atoms with Crippen molar-refractivity contribution in [1.29, 1.82) is 0 Å². The molecule has 1 heterocycles. The monoisotopic (exact) mass is 306 g/mol. The van der Waals surface area contributed by atoms with Gasteiger partial charge in [-0.15, -0.1) is 0 Å². The number of benzene rings is 1. The third-order valence-corrected chi connectivity index (χ3v) is 4.87. The Hall–Kier alpha value is -1.63. The molecule has 0 bridgehead atoms. The Balaban J connectivity index is 1.61. The second-order valence-corrected chi connectivity index (χ2v) is 7.02. The van der Waals surface area contributed by atoms with Crippen LogP contribution in [0.2, 0.25) is 0 Å². The molecule has 1 aliphatic rings. The summed E-state index contributed by atoms with van der Waals surface area (Å²) in [5.41, 5.74) is 1.89. The van der Waals surface area contributed by atoms with Gasteiger partial charge in [-0.3, -0.25) is 0 Å². The van der Waals surface area contributed by atoms with Gasteiger partial charge in [-0.2, -0.15) is 0 Å². The molecule has 0 radical (unpaired) electrons. The summed E-state index contributed by atoms with van der Waals surface area (Å²) in [7, 11) is -3.48. The van der Waals surface area contributed by atoms with E-state index in [-0.39, 0.29) is 11.4 Å². The highest BCUT2D eigenvalue weighted by Gasteiger charge is 2.20. The largest absolute Gasteiger partial charge is 0.472 e. The maximum absolute atomic E-state index is 12.2. The van der Waals surface area contributed by atoms with E-state index in [1.807, 2.05) is 12.1 Å². The van der Waals surface area contributed by atoms with Crippen molar-refractivity contribution in [2.45, 2.75) is 36.9 Å². The van der Waals surface area contributed by atoms with Crippen molar-refractivity contribution < 1.29 is 12.8 Å². The van der Waals surface area contributed by atoms with Crippen LogP contribution >= 0.6 is 0 Å². The molecule has 2 aromatic rings. The van der Waals surface area contributed by atoms with Crippen molar-refractivity contribution in [3.63, 3.8) is 0 Å². The third kappa shape index (κ3) is 3.93. The minimum absolute atomic E-state index is 0.226. The summed E-state index contributed by atoms with van der Waals surface area (Å²) in [4.78, 5) is 0.279. The fourth-order valence-electron chi connectivity index (χ4n) is 1.99. The fraction of sp³-hybridized carbons (Fsp3) is 0.333. The van der Waals surface area contributed by atoms with Crippen LogP contribution in [0.15, 0.2) is 52.2 Å². The molecule has 0 atom stereocenters. The summed E-state index contributed by atoms with van der Waals surface area (Å²) in [5.74, 6) is 0. The maximum Gasteiger partial charge on any atom is 0.240 e. The Morgan fingerprint density at radius 2 is 1.81 bits per heavy atom. The first-order valence-electron chi connectivity index (χ1n) is 6.96. The van der Waals surface area contributed by atoms with Crippen LogP contribution in [-0.2, 0) is 23.1 Å². The molecule has 0 amide bonds. The van der Waals surface area contributed by atoms with Crippen LogP contribution < -0.4 is 10.0 Å². The molecule has 1 saturated carbocycles. The van der Waals surface area contributed by atoms with Crippen molar-refractivity contribution in [2.24, 2.45) is 0 Å². The predicted octanol–water partition coefficient (Wildman–Crippen LogP) is 2.01. The summed E-state index contributed by atoms with van der Waals surface area (Å²) >= 11 is 0. The number of sulfonamides is 1. The van der Waals surface area contributed by atoms with Crippen molar-refractivity contribution in [1.82, 2.24) is 10.0 Å². The van der Waals surface area contributed by atoms with Gasteiger partial charge in [-0.1, -0.05) is 12.1 Å². The molecule has 2 N–H and O–H groups in total. The van der Waals surface area contributed by atoms with Gasteiger partial charge in [0.05, 0.1) is 17.4 Å². The molecule has 0 aliphatic heterocycles. The van der Waals surface area contributed by atoms with Gasteiger partial charge < -0.3 is 9.73 Å². The highest BCUT2D eigenvalue weighted by Crippen LogP contribution is 2.19. The van der Waals surface area contributed by atoms with Crippen LogP contribution in [0.5, 0.6) is 0 Å². The molecule has 1 aromatic heterocycles. The van der Waals surface area contributed by atoms with Gasteiger partial charge in [0.2, 0.25) is 10.0 Å². The molecule has 1 aromatic carbocycles. The average Bonchev–Trinajstić information content (AvgIpc) is 3.17. The quantitative estimate of drug-likeness (QED) is 0.821. The Morgan fingerprint density at radius 1 is 1.05 bits per heavy atom. The highest BCUT2D eigenvalue weighted by molar-refractivity contribution is 7.89. The lowest BCUT2D eigenvalue weighted by molar-refractivity contribution is 0.561. The summed E-state index contributed by atoms with van der Waals surface area (Å²) < 4.78 is 31.8. The first kappa shape index (κ1) is 14.3. The summed E-state index contributed by atoms with van der Waals surface area (Å²) in [6.45, 7) is 1.01. The minimum atomic E-state index is -3.48. The lowest BCUT2D eigenvalue weighted by atomic mass is 10.2. The van der Waals surface area contributed by atoms with E-state index in [0.717, 1.165) is 17.7 Å². The van der Waals surface area contributed by atoms with E-state index in [1.165, 1.54) is 25.4 Å². The smallest absolute Gasteiger partial charge is 0.240 e. The number of hydrogen-bond donors (Lipinski definition) is 2. The van der Waals surface area contributed by atoms with Crippen molar-refractivity contribution in [3.8, 4) is 0 Å². The fourth-order valence-corrected chi connectivity index (χ4v) is 3.01. The zero-order valence-electron chi connectivity index (χ0n) is 11.6. The van der Waals surface area contributed by atoms with Crippen molar-refractivity contribution >= 4 is 10.0 Å². The lowest BCUT2D eigenvalue weighted by Crippen LogP contribution is -2.23. The molecular weight excluding hydrogens is 288 g/mol. The summed E-state index contributed by atoms with van der Waals surface area (Å²) in [5, 5.41) is 3.40. The molecular formula is C15H18N2O3S. The van der Waals surface area contributed by atoms with Crippen LogP contribution in [0.3, 0.4) is 0 Å². The molecule has 1 aliphatic carbocycles. The van der Waals surface area contributed by atoms with E-state index >= 15 is 0 Å². The van der Waals surface area contributed by atoms with Gasteiger partial charge in [0.25, 0.3) is 0 Å². The maximum atomic E-state index is 12.2. The van der Waals surface area contributed by atoms with E-state index < -0.39 is 10.0 Å². The lowest BCUT2D eigenvalue weighted by Gasteiger charge is -2.07. The van der Waals surface area contributed by atoms with Crippen LogP contribution in [-0.4, -0.2) is 14.5 Å². The van der Waals surface area contributed by atoms with Gasteiger partial charge >= 0.3 is 0 Å². The van der Waals surface area contributed by atoms with Crippen LogP contribution in [0.25, 0.3) is 0 Å². The summed E-state index contributed by atoms with van der Waals surface area (Å²) in [6.07, 6.45) is 5.52. The van der Waals surface area contributed by atoms with Crippen molar-refractivity contribution in [3.05, 3.63) is 54.0 Å². The number of nitrogens with one attached hydrogen (secondary N) is 2. The number of rotatable bonds is 7. The van der Waals surface area contributed by atoms with E-state index in [1.54, 1.807) is 18.2 Å². The number of furan rings is 1. The van der Waals surface area contributed by atoms with Crippen molar-refractivity contribution in [2.75, 3.05) is 0 Å². The molecule has 112 valence electrons. The second kappa shape index (κ2) is 6.01. The molecule has 0 spiro atoms. The minimum Gasteiger partial charge on any atom is -0.472 e. The normalized spacial score (nSPS) is 15.2. The standard InChI is InChI=1S/C15H18N2O3S/c18-21(19,17-10-13-7-8-20-11-13)15-5-1-12(2-6-15)9-16-14-3-4-14/h1-2,5-8,11,14,16-17H,3-4,9-10H2. The Bertz CT molecular complexity index is 674. The van der Waals surface area contributed by atoms with Gasteiger partial charge in [-0.25, -0.2) is 13.1 Å². The SMILES string of the molecule is O=S(=O)(NCc1ccoc1)c1ccc(CNC2CC2)cc1. The van der Waals surface area contributed by atoms with E-state index in [9.17, 15) is 8.42 Å². The molecule has 21 heavy (non-hydrogen) atoms. The molecule has 6 heteroatoms. The molecule has 0 saturated heterocycles. The molecule has 0 unspecified atom stereocenters. The highest BCUT2D eigenvalue weighted by atomic mass is 32.2.